The minimum Gasteiger partial charge on any atom is -0.426 e. The number of thiophene rings is 1. The van der Waals surface area contributed by atoms with E-state index in [-0.39, 0.29) is 18.9 Å². The van der Waals surface area contributed by atoms with Crippen LogP contribution in [0.4, 0.5) is 0 Å². The van der Waals surface area contributed by atoms with Crippen LogP contribution in [0, 0.1) is 0 Å². The molecule has 6 nitrogen and oxygen atoms in total. The molecule has 0 fully saturated rings. The fourth-order valence-electron chi connectivity index (χ4n) is 3.99. The highest BCUT2D eigenvalue weighted by molar-refractivity contribution is 7.09. The van der Waals surface area contributed by atoms with Crippen molar-refractivity contribution in [2.75, 3.05) is 19.6 Å². The van der Waals surface area contributed by atoms with E-state index in [4.69, 9.17) is 10.3 Å². The van der Waals surface area contributed by atoms with Crippen LogP contribution in [0.1, 0.15) is 42.2 Å². The van der Waals surface area contributed by atoms with Crippen LogP contribution in [-0.2, 0) is 24.1 Å². The number of carbonyl (C=O) groups is 1. The summed E-state index contributed by atoms with van der Waals surface area (Å²) in [6, 6.07) is 10.9. The van der Waals surface area contributed by atoms with Crippen molar-refractivity contribution in [3.05, 3.63) is 62.2 Å². The molecule has 1 unspecified atom stereocenters. The largest absolute Gasteiger partial charge is 0.426 e. The molecule has 1 aliphatic carbocycles. The van der Waals surface area contributed by atoms with Gasteiger partial charge in [0.2, 0.25) is 0 Å². The molecule has 3 rings (SSSR count). The quantitative estimate of drug-likeness (QED) is 0.178. The highest BCUT2D eigenvalue weighted by atomic mass is 32.1. The van der Waals surface area contributed by atoms with Crippen molar-refractivity contribution in [2.24, 2.45) is 5.11 Å². The Morgan fingerprint density at radius 2 is 2.24 bits per heavy atom. The molecule has 0 saturated heterocycles. The summed E-state index contributed by atoms with van der Waals surface area (Å²) in [5.74, 6) is 0.309. The topological polar surface area (TPSA) is 78.3 Å². The molecule has 1 aromatic carbocycles. The molecule has 154 valence electrons. The summed E-state index contributed by atoms with van der Waals surface area (Å²) in [6.45, 7) is 4.56. The van der Waals surface area contributed by atoms with Crippen molar-refractivity contribution < 1.29 is 9.53 Å². The van der Waals surface area contributed by atoms with Crippen molar-refractivity contribution in [3.63, 3.8) is 0 Å². The van der Waals surface area contributed by atoms with Crippen LogP contribution in [0.15, 0.2) is 40.8 Å². The molecule has 0 bridgehead atoms. The lowest BCUT2D eigenvalue weighted by molar-refractivity contribution is -0.134. The lowest BCUT2D eigenvalue weighted by Crippen LogP contribution is -2.41. The van der Waals surface area contributed by atoms with Crippen LogP contribution in [0.5, 0.6) is 5.75 Å². The maximum atomic E-state index is 12.0. The van der Waals surface area contributed by atoms with E-state index in [1.54, 1.807) is 0 Å². The van der Waals surface area contributed by atoms with Gasteiger partial charge in [-0.3, -0.25) is 9.69 Å². The summed E-state index contributed by atoms with van der Waals surface area (Å²) in [5.41, 5.74) is 10.8. The Kier molecular flexibility index (Phi) is 8.11. The minimum absolute atomic E-state index is 0.101. The molecule has 1 aromatic heterocycles. The van der Waals surface area contributed by atoms with Crippen molar-refractivity contribution in [1.29, 1.82) is 0 Å². The van der Waals surface area contributed by atoms with Crippen LogP contribution < -0.4 is 4.74 Å². The Bertz CT molecular complexity index is 847. The Balaban J connectivity index is 1.64. The number of nitrogens with zero attached hydrogens (tertiary/aromatic N) is 4. The smallest absolute Gasteiger partial charge is 0.311 e. The van der Waals surface area contributed by atoms with E-state index in [2.05, 4.69) is 45.4 Å². The SMILES string of the molecule is CCCN(CCc1cccs1)C1CCc2c(cccc2OC(=O)CCN=[N+]=[N-])C1. The van der Waals surface area contributed by atoms with E-state index in [1.807, 2.05) is 23.5 Å². The van der Waals surface area contributed by atoms with Gasteiger partial charge in [0.25, 0.3) is 0 Å². The van der Waals surface area contributed by atoms with Crippen molar-refractivity contribution in [1.82, 2.24) is 4.90 Å². The fraction of sp³-hybridized carbons (Fsp3) is 0.500. The van der Waals surface area contributed by atoms with Crippen LogP contribution in [0.2, 0.25) is 0 Å². The molecule has 0 N–H and O–H groups in total. The molecule has 0 spiro atoms. The maximum Gasteiger partial charge on any atom is 0.311 e. The molecule has 1 aliphatic rings. The third-order valence-corrected chi connectivity index (χ3v) is 6.31. The number of hydrogen-bond donors (Lipinski definition) is 0. The van der Waals surface area contributed by atoms with Crippen LogP contribution >= 0.6 is 11.3 Å². The average Bonchev–Trinajstić information content (AvgIpc) is 3.25. The molecule has 0 amide bonds. The first-order valence-corrected chi connectivity index (χ1v) is 11.2. The van der Waals surface area contributed by atoms with E-state index >= 15 is 0 Å². The van der Waals surface area contributed by atoms with E-state index in [0.29, 0.717) is 11.8 Å². The van der Waals surface area contributed by atoms with E-state index in [9.17, 15) is 4.79 Å². The summed E-state index contributed by atoms with van der Waals surface area (Å²) in [7, 11) is 0. The van der Waals surface area contributed by atoms with E-state index in [0.717, 1.165) is 50.8 Å². The standard InChI is InChI=1S/C22H28N4O2S/c1-2-13-26(14-11-19-6-4-15-29-19)18-8-9-20-17(16-18)5-3-7-21(20)28-22(27)10-12-24-25-23/h3-7,15,18H,2,8-14,16H2,1H3. The average molecular weight is 413 g/mol. The first kappa shape index (κ1) is 21.4. The van der Waals surface area contributed by atoms with Gasteiger partial charge in [-0.05, 0) is 72.8 Å². The Morgan fingerprint density at radius 1 is 1.34 bits per heavy atom. The zero-order chi connectivity index (χ0) is 20.5. The first-order chi connectivity index (χ1) is 14.2. The van der Waals surface area contributed by atoms with Crippen LogP contribution in [0.25, 0.3) is 10.4 Å². The minimum atomic E-state index is -0.350. The van der Waals surface area contributed by atoms with Crippen LogP contribution in [0.3, 0.4) is 0 Å². The predicted molar refractivity (Wildman–Crippen MR) is 116 cm³/mol. The van der Waals surface area contributed by atoms with Gasteiger partial charge in [-0.2, -0.15) is 0 Å². The third kappa shape index (κ3) is 6.07. The molecular weight excluding hydrogens is 384 g/mol. The zero-order valence-corrected chi connectivity index (χ0v) is 17.7. The lowest BCUT2D eigenvalue weighted by atomic mass is 9.86. The van der Waals surface area contributed by atoms with Gasteiger partial charge in [0.05, 0.1) is 6.42 Å². The molecule has 0 aliphatic heterocycles. The van der Waals surface area contributed by atoms with E-state index < -0.39 is 0 Å². The zero-order valence-electron chi connectivity index (χ0n) is 16.9. The number of hydrogen-bond acceptors (Lipinski definition) is 5. The van der Waals surface area contributed by atoms with Crippen molar-refractivity contribution >= 4 is 17.3 Å². The molecule has 0 radical (unpaired) electrons. The number of fused-ring (bicyclic) bond motifs is 1. The van der Waals surface area contributed by atoms with Crippen molar-refractivity contribution in [3.8, 4) is 5.75 Å². The Hall–Kier alpha value is -2.34. The third-order valence-electron chi connectivity index (χ3n) is 5.37. The lowest BCUT2D eigenvalue weighted by Gasteiger charge is -2.35. The van der Waals surface area contributed by atoms with Gasteiger partial charge in [0.15, 0.2) is 0 Å². The summed E-state index contributed by atoms with van der Waals surface area (Å²) < 4.78 is 5.56. The monoisotopic (exact) mass is 412 g/mol. The van der Waals surface area contributed by atoms with Gasteiger partial charge in [-0.1, -0.05) is 30.2 Å². The van der Waals surface area contributed by atoms with Crippen LogP contribution in [-0.4, -0.2) is 36.5 Å². The van der Waals surface area contributed by atoms with Gasteiger partial charge in [-0.15, -0.1) is 11.3 Å². The summed E-state index contributed by atoms with van der Waals surface area (Å²) in [6.07, 6.45) is 5.33. The predicted octanol–water partition coefficient (Wildman–Crippen LogP) is 5.17. The van der Waals surface area contributed by atoms with Gasteiger partial charge in [0, 0.05) is 28.9 Å². The molecule has 29 heavy (non-hydrogen) atoms. The number of carbonyl (C=O) groups excluding carboxylic acids is 1. The highest BCUT2D eigenvalue weighted by Gasteiger charge is 2.26. The second kappa shape index (κ2) is 11.0. The molecule has 7 heteroatoms. The number of azide groups is 1. The van der Waals surface area contributed by atoms with Gasteiger partial charge in [-0.25, -0.2) is 0 Å². The molecular formula is C22H28N4O2S. The number of benzene rings is 1. The first-order valence-electron chi connectivity index (χ1n) is 10.3. The second-order valence-electron chi connectivity index (χ2n) is 7.33. The summed E-state index contributed by atoms with van der Waals surface area (Å²) in [4.78, 5) is 18.8. The van der Waals surface area contributed by atoms with Gasteiger partial charge < -0.3 is 4.74 Å². The van der Waals surface area contributed by atoms with Crippen molar-refractivity contribution in [2.45, 2.75) is 51.5 Å². The summed E-state index contributed by atoms with van der Waals surface area (Å²) >= 11 is 1.83. The van der Waals surface area contributed by atoms with Gasteiger partial charge in [0.1, 0.15) is 5.75 Å². The normalized spacial score (nSPS) is 15.6. The number of esters is 1. The summed E-state index contributed by atoms with van der Waals surface area (Å²) in [5, 5.41) is 5.54. The van der Waals surface area contributed by atoms with Gasteiger partial charge >= 0.3 is 5.97 Å². The number of rotatable bonds is 10. The van der Waals surface area contributed by atoms with E-state index in [1.165, 1.54) is 10.4 Å². The molecule has 2 aromatic rings. The molecule has 1 heterocycles. The second-order valence-corrected chi connectivity index (χ2v) is 8.37. The Labute approximate surface area is 176 Å². The number of ether oxygens (including phenoxy) is 1. The molecule has 0 saturated carbocycles. The maximum absolute atomic E-state index is 12.0. The fourth-order valence-corrected chi connectivity index (χ4v) is 4.69. The highest BCUT2D eigenvalue weighted by Crippen LogP contribution is 2.32. The Morgan fingerprint density at radius 3 is 3.00 bits per heavy atom. The molecule has 1 atom stereocenters.